The molecule has 12 heteroatoms. The Morgan fingerprint density at radius 2 is 1.00 bits per heavy atom. The van der Waals surface area contributed by atoms with E-state index in [1.54, 1.807) is 0 Å². The van der Waals surface area contributed by atoms with Gasteiger partial charge in [0.05, 0.1) is 22.3 Å². The van der Waals surface area contributed by atoms with Gasteiger partial charge in [0, 0.05) is 0 Å². The van der Waals surface area contributed by atoms with E-state index in [9.17, 15) is 19.2 Å². The number of rotatable bonds is 4. The van der Waals surface area contributed by atoms with Gasteiger partial charge in [0.1, 0.15) is 0 Å². The van der Waals surface area contributed by atoms with Gasteiger partial charge in [-0.1, -0.05) is 20.8 Å². The predicted molar refractivity (Wildman–Crippen MR) is 77.3 cm³/mol. The van der Waals surface area contributed by atoms with Crippen molar-refractivity contribution in [2.24, 2.45) is 0 Å². The van der Waals surface area contributed by atoms with E-state index in [4.69, 9.17) is 21.0 Å². The summed E-state index contributed by atoms with van der Waals surface area (Å²) >= 11 is 0. The topological polar surface area (TPSA) is 186 Å². The van der Waals surface area contributed by atoms with Crippen LogP contribution in [0.5, 0.6) is 0 Å². The molecule has 26 heavy (non-hydrogen) atoms. The molecule has 12 nitrogen and oxygen atoms in total. The van der Waals surface area contributed by atoms with Crippen molar-refractivity contribution in [1.82, 2.24) is 0 Å². The van der Waals surface area contributed by atoms with Gasteiger partial charge in [0.15, 0.2) is 0 Å². The van der Waals surface area contributed by atoms with Gasteiger partial charge in [-0.3, -0.25) is 19.6 Å². The van der Waals surface area contributed by atoms with Crippen molar-refractivity contribution in [3.8, 4) is 0 Å². The summed E-state index contributed by atoms with van der Waals surface area (Å²) < 4.78 is 0. The van der Waals surface area contributed by atoms with Crippen molar-refractivity contribution in [1.29, 1.82) is 0 Å². The Bertz CT molecular complexity index is 704. The third-order valence-corrected chi connectivity index (χ3v) is 3.26. The first kappa shape index (κ1) is 21.0. The number of benzene rings is 1. The smallest absolute Gasteiger partial charge is 0.295 e. The Morgan fingerprint density at radius 1 is 0.692 bits per heavy atom. The molecule has 4 N–H and O–H groups in total. The van der Waals surface area contributed by atoms with Gasteiger partial charge >= 0.3 is 23.9 Å². The summed E-state index contributed by atoms with van der Waals surface area (Å²) in [6.45, 7) is 4.27. The minimum Gasteiger partial charge on any atom is -0.295 e. The molecule has 0 radical (unpaired) electrons. The minimum atomic E-state index is -1.56. The molecule has 0 aliphatic rings. The molecule has 0 heterocycles. The number of hydrogen-bond donors (Lipinski definition) is 4. The molecule has 0 saturated carbocycles. The zero-order valence-corrected chi connectivity index (χ0v) is 13.6. The Morgan fingerprint density at radius 3 is 1.23 bits per heavy atom. The Hall–Kier alpha value is -3.06. The summed E-state index contributed by atoms with van der Waals surface area (Å²) in [6.07, 6.45) is 0. The molecule has 0 bridgehead atoms. The molecule has 0 unspecified atom stereocenters. The molecule has 0 fully saturated rings. The number of hydrogen-bond acceptors (Lipinski definition) is 12. The molecule has 1 rings (SSSR count). The molecule has 0 aromatic heterocycles. The lowest BCUT2D eigenvalue weighted by atomic mass is 9.77. The highest BCUT2D eigenvalue weighted by Gasteiger charge is 2.38. The maximum atomic E-state index is 12.0. The van der Waals surface area contributed by atoms with Crippen LogP contribution >= 0.6 is 0 Å². The van der Waals surface area contributed by atoms with Crippen LogP contribution in [0.15, 0.2) is 6.07 Å². The van der Waals surface area contributed by atoms with E-state index in [0.29, 0.717) is 6.07 Å². The molecule has 142 valence electrons. The van der Waals surface area contributed by atoms with Crippen LogP contribution in [0.2, 0.25) is 0 Å². The summed E-state index contributed by atoms with van der Waals surface area (Å²) in [5.74, 6) is -6.23. The van der Waals surface area contributed by atoms with Crippen molar-refractivity contribution in [3.63, 3.8) is 0 Å². The molecule has 1 aromatic carbocycles. The van der Waals surface area contributed by atoms with E-state index in [2.05, 4.69) is 19.6 Å². The standard InChI is InChI=1S/C14H14O12/c1-14(2,3)9-7(12(17)25-21)5(10(15)23-19)4-6(11(16)24-20)8(9)13(18)26-22/h4,19-22H,1-3H3. The lowest BCUT2D eigenvalue weighted by Crippen LogP contribution is -2.28. The van der Waals surface area contributed by atoms with Crippen molar-refractivity contribution in [2.75, 3.05) is 0 Å². The highest BCUT2D eigenvalue weighted by Crippen LogP contribution is 2.35. The SMILES string of the molecule is CC(C)(C)c1c(C(=O)OO)c(C(=O)OO)cc(C(=O)OO)c1C(=O)OO. The van der Waals surface area contributed by atoms with Crippen LogP contribution < -0.4 is 0 Å². The highest BCUT2D eigenvalue weighted by atomic mass is 17.1. The van der Waals surface area contributed by atoms with Crippen LogP contribution in [0, 0.1) is 0 Å². The van der Waals surface area contributed by atoms with Crippen LogP contribution in [-0.2, 0) is 25.0 Å². The molecule has 0 atom stereocenters. The van der Waals surface area contributed by atoms with E-state index in [1.807, 2.05) is 0 Å². The van der Waals surface area contributed by atoms with Gasteiger partial charge in [0.25, 0.3) is 0 Å². The first-order valence-electron chi connectivity index (χ1n) is 6.69. The van der Waals surface area contributed by atoms with Gasteiger partial charge in [-0.15, -0.1) is 0 Å². The van der Waals surface area contributed by atoms with Crippen LogP contribution in [0.4, 0.5) is 0 Å². The molecular formula is C14H14O12. The zero-order valence-electron chi connectivity index (χ0n) is 13.6. The van der Waals surface area contributed by atoms with Crippen molar-refractivity contribution in [3.05, 3.63) is 33.9 Å². The van der Waals surface area contributed by atoms with E-state index in [-0.39, 0.29) is 0 Å². The predicted octanol–water partition coefficient (Wildman–Crippen LogP) is 1.50. The third-order valence-electron chi connectivity index (χ3n) is 3.26. The van der Waals surface area contributed by atoms with Gasteiger partial charge in [0.2, 0.25) is 0 Å². The van der Waals surface area contributed by atoms with Crippen LogP contribution in [0.1, 0.15) is 67.8 Å². The minimum absolute atomic E-state index is 0.418. The fourth-order valence-electron chi connectivity index (χ4n) is 2.37. The molecule has 0 saturated heterocycles. The summed E-state index contributed by atoms with van der Waals surface area (Å²) in [4.78, 5) is 61.8. The van der Waals surface area contributed by atoms with Crippen LogP contribution in [0.25, 0.3) is 0 Å². The van der Waals surface area contributed by atoms with Crippen LogP contribution in [0.3, 0.4) is 0 Å². The fourth-order valence-corrected chi connectivity index (χ4v) is 2.37. The molecule has 0 amide bonds. The fraction of sp³-hybridized carbons (Fsp3) is 0.286. The molecule has 1 aromatic rings. The lowest BCUT2D eigenvalue weighted by molar-refractivity contribution is -0.186. The van der Waals surface area contributed by atoms with E-state index in [0.717, 1.165) is 0 Å². The van der Waals surface area contributed by atoms with E-state index in [1.165, 1.54) is 20.8 Å². The lowest BCUT2D eigenvalue weighted by Gasteiger charge is -2.26. The largest absolute Gasteiger partial charge is 0.373 e. The maximum absolute atomic E-state index is 12.0. The first-order valence-corrected chi connectivity index (χ1v) is 6.69. The summed E-state index contributed by atoms with van der Waals surface area (Å²) in [5.41, 5.74) is -4.80. The van der Waals surface area contributed by atoms with Crippen molar-refractivity contribution < 1.29 is 59.8 Å². The third kappa shape index (κ3) is 3.78. The van der Waals surface area contributed by atoms with Gasteiger partial charge in [-0.05, 0) is 17.0 Å². The quantitative estimate of drug-likeness (QED) is 0.338. The summed E-state index contributed by atoms with van der Waals surface area (Å²) in [6, 6.07) is 0.533. The Kier molecular flexibility index (Phi) is 6.36. The highest BCUT2D eigenvalue weighted by molar-refractivity contribution is 6.12. The average molecular weight is 374 g/mol. The van der Waals surface area contributed by atoms with E-state index >= 15 is 0 Å². The molecule has 0 aliphatic heterocycles. The van der Waals surface area contributed by atoms with Gasteiger partial charge < -0.3 is 0 Å². The Labute approximate surface area is 144 Å². The zero-order chi connectivity index (χ0) is 20.2. The second-order valence-corrected chi connectivity index (χ2v) is 5.86. The second kappa shape index (κ2) is 7.88. The number of carbonyl (C=O) groups is 4. The maximum Gasteiger partial charge on any atom is 0.373 e. The van der Waals surface area contributed by atoms with E-state index < -0.39 is 57.1 Å². The average Bonchev–Trinajstić information content (AvgIpc) is 2.62. The summed E-state index contributed by atoms with van der Waals surface area (Å²) in [5, 5.41) is 34.6. The summed E-state index contributed by atoms with van der Waals surface area (Å²) in [7, 11) is 0. The monoisotopic (exact) mass is 374 g/mol. The van der Waals surface area contributed by atoms with Crippen molar-refractivity contribution >= 4 is 23.9 Å². The van der Waals surface area contributed by atoms with Crippen LogP contribution in [-0.4, -0.2) is 44.9 Å². The molecular weight excluding hydrogens is 360 g/mol. The molecule has 0 aliphatic carbocycles. The van der Waals surface area contributed by atoms with Crippen molar-refractivity contribution in [2.45, 2.75) is 26.2 Å². The second-order valence-electron chi connectivity index (χ2n) is 5.86. The first-order chi connectivity index (χ1) is 12.0. The molecule has 0 spiro atoms. The normalized spacial score (nSPS) is 10.7. The van der Waals surface area contributed by atoms with Gasteiger partial charge in [-0.2, -0.15) is 21.0 Å². The number of carbonyl (C=O) groups excluding carboxylic acids is 4. The van der Waals surface area contributed by atoms with Gasteiger partial charge in [-0.25, -0.2) is 19.2 Å². The Balaban J connectivity index is 4.23.